The highest BCUT2D eigenvalue weighted by Gasteiger charge is 2.48. The highest BCUT2D eigenvalue weighted by Crippen LogP contribution is 2.33. The van der Waals surface area contributed by atoms with Gasteiger partial charge >= 0.3 is 5.97 Å². The molecule has 2 bridgehead atoms. The van der Waals surface area contributed by atoms with Gasteiger partial charge in [0.15, 0.2) is 0 Å². The molecule has 2 atom stereocenters. The van der Waals surface area contributed by atoms with Crippen LogP contribution in [0, 0.1) is 0 Å². The van der Waals surface area contributed by atoms with E-state index in [4.69, 9.17) is 9.84 Å². The van der Waals surface area contributed by atoms with Crippen LogP contribution in [0.25, 0.3) is 0 Å². The van der Waals surface area contributed by atoms with Crippen molar-refractivity contribution in [2.24, 2.45) is 0 Å². The molecule has 0 saturated carbocycles. The smallest absolute Gasteiger partial charge is 0.323 e. The van der Waals surface area contributed by atoms with Crippen LogP contribution in [0.15, 0.2) is 0 Å². The van der Waals surface area contributed by atoms with Gasteiger partial charge in [-0.05, 0) is 20.3 Å². The number of rotatable bonds is 2. The maximum absolute atomic E-state index is 11.0. The van der Waals surface area contributed by atoms with E-state index >= 15 is 0 Å². The van der Waals surface area contributed by atoms with E-state index < -0.39 is 11.5 Å². The fraction of sp³-hybridized carbons (Fsp3) is 0.889. The van der Waals surface area contributed by atoms with E-state index in [-0.39, 0.29) is 6.10 Å². The second-order valence-corrected chi connectivity index (χ2v) is 4.36. The van der Waals surface area contributed by atoms with Gasteiger partial charge < -0.3 is 9.84 Å². The summed E-state index contributed by atoms with van der Waals surface area (Å²) in [6, 6.07) is 0.316. The molecule has 0 radical (unpaired) electrons. The molecule has 2 fully saturated rings. The molecule has 2 aliphatic heterocycles. The minimum Gasteiger partial charge on any atom is -0.480 e. The predicted octanol–water partition coefficient (Wildman–Crippen LogP) is 0.323. The van der Waals surface area contributed by atoms with Gasteiger partial charge in [-0.1, -0.05) is 0 Å². The van der Waals surface area contributed by atoms with E-state index in [1.807, 2.05) is 4.90 Å². The number of carboxylic acid groups (broad SMARTS) is 1. The van der Waals surface area contributed by atoms with E-state index in [2.05, 4.69) is 0 Å². The Morgan fingerprint density at radius 3 is 2.69 bits per heavy atom. The molecule has 0 aliphatic carbocycles. The Balaban J connectivity index is 2.14. The number of carbonyl (C=O) groups is 1. The highest BCUT2D eigenvalue weighted by molar-refractivity contribution is 5.77. The predicted molar refractivity (Wildman–Crippen MR) is 46.6 cm³/mol. The molecule has 13 heavy (non-hydrogen) atoms. The van der Waals surface area contributed by atoms with Gasteiger partial charge in [-0.3, -0.25) is 9.69 Å². The molecule has 1 N–H and O–H groups in total. The average molecular weight is 185 g/mol. The zero-order chi connectivity index (χ0) is 9.64. The minimum atomic E-state index is -0.750. The van der Waals surface area contributed by atoms with Gasteiger partial charge in [-0.15, -0.1) is 0 Å². The fourth-order valence-corrected chi connectivity index (χ4v) is 2.21. The second kappa shape index (κ2) is 2.69. The Morgan fingerprint density at radius 1 is 1.62 bits per heavy atom. The van der Waals surface area contributed by atoms with E-state index in [1.165, 1.54) is 0 Å². The van der Waals surface area contributed by atoms with Gasteiger partial charge in [0, 0.05) is 12.6 Å². The number of nitrogens with zero attached hydrogens (tertiary/aromatic N) is 1. The molecule has 2 rings (SSSR count). The van der Waals surface area contributed by atoms with Crippen molar-refractivity contribution >= 4 is 5.97 Å². The van der Waals surface area contributed by atoms with Crippen molar-refractivity contribution in [1.82, 2.24) is 4.90 Å². The third-order valence-electron chi connectivity index (χ3n) is 3.14. The molecular formula is C9H15NO3. The van der Waals surface area contributed by atoms with Gasteiger partial charge in [0.1, 0.15) is 5.54 Å². The van der Waals surface area contributed by atoms with E-state index in [0.717, 1.165) is 13.0 Å². The van der Waals surface area contributed by atoms with Crippen LogP contribution < -0.4 is 0 Å². The molecule has 0 aromatic heterocycles. The monoisotopic (exact) mass is 185 g/mol. The zero-order valence-corrected chi connectivity index (χ0v) is 7.99. The topological polar surface area (TPSA) is 49.8 Å². The van der Waals surface area contributed by atoms with Crippen LogP contribution in [0.1, 0.15) is 20.3 Å². The third-order valence-corrected chi connectivity index (χ3v) is 3.14. The largest absolute Gasteiger partial charge is 0.480 e. The number of fused-ring (bicyclic) bond motifs is 2. The summed E-state index contributed by atoms with van der Waals surface area (Å²) < 4.78 is 5.42. The van der Waals surface area contributed by atoms with Crippen LogP contribution in [0.3, 0.4) is 0 Å². The van der Waals surface area contributed by atoms with Crippen molar-refractivity contribution in [1.29, 1.82) is 0 Å². The van der Waals surface area contributed by atoms with Crippen LogP contribution in [-0.4, -0.2) is 46.8 Å². The van der Waals surface area contributed by atoms with Gasteiger partial charge in [0.2, 0.25) is 0 Å². The van der Waals surface area contributed by atoms with Gasteiger partial charge in [0.25, 0.3) is 0 Å². The van der Waals surface area contributed by atoms with Crippen molar-refractivity contribution in [3.05, 3.63) is 0 Å². The molecule has 0 spiro atoms. The summed E-state index contributed by atoms with van der Waals surface area (Å²) in [6.45, 7) is 4.98. The summed E-state index contributed by atoms with van der Waals surface area (Å²) in [6.07, 6.45) is 1.26. The summed E-state index contributed by atoms with van der Waals surface area (Å²) in [7, 11) is 0. The molecule has 2 heterocycles. The molecular weight excluding hydrogens is 170 g/mol. The molecule has 2 unspecified atom stereocenters. The summed E-state index contributed by atoms with van der Waals surface area (Å²) in [5, 5.41) is 9.05. The van der Waals surface area contributed by atoms with Gasteiger partial charge in [-0.2, -0.15) is 0 Å². The first-order valence-corrected chi connectivity index (χ1v) is 4.63. The maximum atomic E-state index is 11.0. The van der Waals surface area contributed by atoms with Gasteiger partial charge in [-0.25, -0.2) is 0 Å². The Labute approximate surface area is 77.5 Å². The van der Waals surface area contributed by atoms with Crippen molar-refractivity contribution in [3.8, 4) is 0 Å². The fourth-order valence-electron chi connectivity index (χ4n) is 2.21. The summed E-state index contributed by atoms with van der Waals surface area (Å²) in [5.74, 6) is -0.750. The van der Waals surface area contributed by atoms with Crippen LogP contribution in [-0.2, 0) is 9.53 Å². The second-order valence-electron chi connectivity index (χ2n) is 4.36. The number of hydrogen-bond acceptors (Lipinski definition) is 3. The number of morpholine rings is 1. The first kappa shape index (κ1) is 8.97. The van der Waals surface area contributed by atoms with Crippen molar-refractivity contribution < 1.29 is 14.6 Å². The molecule has 74 valence electrons. The molecule has 2 saturated heterocycles. The van der Waals surface area contributed by atoms with Crippen LogP contribution >= 0.6 is 0 Å². The number of hydrogen-bond donors (Lipinski definition) is 1. The van der Waals surface area contributed by atoms with E-state index in [9.17, 15) is 4.79 Å². The van der Waals surface area contributed by atoms with Crippen molar-refractivity contribution in [2.45, 2.75) is 38.0 Å². The zero-order valence-electron chi connectivity index (χ0n) is 7.99. The highest BCUT2D eigenvalue weighted by atomic mass is 16.5. The lowest BCUT2D eigenvalue weighted by atomic mass is 10.0. The average Bonchev–Trinajstić information content (AvgIpc) is 2.63. The van der Waals surface area contributed by atoms with Crippen LogP contribution in [0.2, 0.25) is 0 Å². The molecule has 0 amide bonds. The Hall–Kier alpha value is -0.610. The number of likely N-dealkylation sites (tertiary alicyclic amines) is 1. The first-order chi connectivity index (χ1) is 6.01. The summed E-state index contributed by atoms with van der Waals surface area (Å²) in [5.41, 5.74) is -0.747. The van der Waals surface area contributed by atoms with Gasteiger partial charge in [0.05, 0.1) is 12.7 Å². The maximum Gasteiger partial charge on any atom is 0.323 e. The Bertz CT molecular complexity index is 239. The normalized spacial score (nSPS) is 34.0. The summed E-state index contributed by atoms with van der Waals surface area (Å²) >= 11 is 0. The van der Waals surface area contributed by atoms with Crippen LogP contribution in [0.5, 0.6) is 0 Å². The Kier molecular flexibility index (Phi) is 1.85. The minimum absolute atomic E-state index is 0.267. The molecule has 4 nitrogen and oxygen atoms in total. The number of aliphatic carboxylic acids is 1. The van der Waals surface area contributed by atoms with E-state index in [1.54, 1.807) is 13.8 Å². The molecule has 0 aromatic rings. The Morgan fingerprint density at radius 2 is 2.31 bits per heavy atom. The van der Waals surface area contributed by atoms with Crippen LogP contribution in [0.4, 0.5) is 0 Å². The number of ether oxygens (including phenoxy) is 1. The number of carboxylic acids is 1. The third kappa shape index (κ3) is 1.25. The molecule has 2 aliphatic rings. The van der Waals surface area contributed by atoms with E-state index in [0.29, 0.717) is 12.6 Å². The SMILES string of the molecule is CC(C)(C(=O)O)N1CC2CC1CO2. The standard InChI is InChI=1S/C9H15NO3/c1-9(2,8(11)12)10-4-7-3-6(10)5-13-7/h6-7H,3-5H2,1-2H3,(H,11,12). The molecule has 0 aromatic carbocycles. The first-order valence-electron chi connectivity index (χ1n) is 4.63. The lowest BCUT2D eigenvalue weighted by Crippen LogP contribution is -2.55. The lowest BCUT2D eigenvalue weighted by Gasteiger charge is -2.37. The van der Waals surface area contributed by atoms with Crippen molar-refractivity contribution in [3.63, 3.8) is 0 Å². The lowest BCUT2D eigenvalue weighted by molar-refractivity contribution is -0.152. The summed E-state index contributed by atoms with van der Waals surface area (Å²) in [4.78, 5) is 13.0. The quantitative estimate of drug-likeness (QED) is 0.673. The van der Waals surface area contributed by atoms with Crippen molar-refractivity contribution in [2.75, 3.05) is 13.2 Å². The molecule has 4 heteroatoms.